The number of nitrogens with zero attached hydrogens (tertiary/aromatic N) is 2. The monoisotopic (exact) mass is 411 g/mol. The van der Waals surface area contributed by atoms with Gasteiger partial charge in [-0.2, -0.15) is 8.75 Å². The van der Waals surface area contributed by atoms with Gasteiger partial charge in [-0.3, -0.25) is 4.72 Å². The molecule has 0 amide bonds. The molecule has 3 rings (SSSR count). The van der Waals surface area contributed by atoms with Crippen LogP contribution >= 0.6 is 27.7 Å². The van der Waals surface area contributed by atoms with Gasteiger partial charge in [-0.15, -0.1) is 0 Å². The standard InChI is InChI=1S/C15H14BrN3O2S2/c1-2-3-10-4-5-11(16)8-15(10)23(20,21)19-12-6-7-13-14(9-12)18-22-17-13/h4-9,19H,2-3H2,1H3. The van der Waals surface area contributed by atoms with Crippen LogP contribution in [-0.2, 0) is 16.4 Å². The Morgan fingerprint density at radius 2 is 1.91 bits per heavy atom. The average molecular weight is 412 g/mol. The van der Waals surface area contributed by atoms with Crippen LogP contribution in [-0.4, -0.2) is 17.2 Å². The lowest BCUT2D eigenvalue weighted by atomic mass is 10.1. The molecule has 0 radical (unpaired) electrons. The fourth-order valence-corrected chi connectivity index (χ4v) is 4.68. The Hall–Kier alpha value is -1.51. The molecule has 23 heavy (non-hydrogen) atoms. The van der Waals surface area contributed by atoms with E-state index >= 15 is 0 Å². The summed E-state index contributed by atoms with van der Waals surface area (Å²) in [6, 6.07) is 10.5. The van der Waals surface area contributed by atoms with Crippen LogP contribution in [0.2, 0.25) is 0 Å². The van der Waals surface area contributed by atoms with Gasteiger partial charge in [0.15, 0.2) is 0 Å². The molecule has 0 saturated heterocycles. The van der Waals surface area contributed by atoms with Crippen LogP contribution < -0.4 is 4.72 Å². The number of halogens is 1. The molecule has 1 N–H and O–H groups in total. The first kappa shape index (κ1) is 16.4. The lowest BCUT2D eigenvalue weighted by molar-refractivity contribution is 0.600. The molecule has 8 heteroatoms. The first-order chi connectivity index (χ1) is 11.0. The van der Waals surface area contributed by atoms with Crippen molar-refractivity contribution in [2.75, 3.05) is 4.72 Å². The third-order valence-electron chi connectivity index (χ3n) is 3.34. The van der Waals surface area contributed by atoms with E-state index in [1.807, 2.05) is 19.1 Å². The van der Waals surface area contributed by atoms with Crippen molar-refractivity contribution in [2.45, 2.75) is 24.7 Å². The van der Waals surface area contributed by atoms with E-state index in [1.165, 1.54) is 0 Å². The van der Waals surface area contributed by atoms with Gasteiger partial charge in [0.05, 0.1) is 22.3 Å². The predicted octanol–water partition coefficient (Wildman–Crippen LogP) is 4.21. The molecule has 0 unspecified atom stereocenters. The van der Waals surface area contributed by atoms with Crippen LogP contribution in [0, 0.1) is 0 Å². The molecule has 5 nitrogen and oxygen atoms in total. The topological polar surface area (TPSA) is 72.0 Å². The highest BCUT2D eigenvalue weighted by Gasteiger charge is 2.19. The molecule has 1 aromatic heterocycles. The van der Waals surface area contributed by atoms with Gasteiger partial charge < -0.3 is 0 Å². The highest BCUT2D eigenvalue weighted by atomic mass is 79.9. The maximum atomic E-state index is 12.8. The zero-order valence-electron chi connectivity index (χ0n) is 12.3. The van der Waals surface area contributed by atoms with Gasteiger partial charge in [0.1, 0.15) is 11.0 Å². The number of anilines is 1. The normalized spacial score (nSPS) is 11.7. The van der Waals surface area contributed by atoms with Crippen molar-refractivity contribution in [3.63, 3.8) is 0 Å². The molecule has 120 valence electrons. The molecule has 2 aromatic carbocycles. The third kappa shape index (κ3) is 3.54. The number of hydrogen-bond donors (Lipinski definition) is 1. The van der Waals surface area contributed by atoms with E-state index < -0.39 is 10.0 Å². The van der Waals surface area contributed by atoms with Gasteiger partial charge in [0, 0.05) is 4.47 Å². The largest absolute Gasteiger partial charge is 0.280 e. The van der Waals surface area contributed by atoms with Crippen LogP contribution in [0.4, 0.5) is 5.69 Å². The summed E-state index contributed by atoms with van der Waals surface area (Å²) in [7, 11) is -3.67. The van der Waals surface area contributed by atoms with Crippen LogP contribution in [0.5, 0.6) is 0 Å². The van der Waals surface area contributed by atoms with Crippen molar-refractivity contribution < 1.29 is 8.42 Å². The lowest BCUT2D eigenvalue weighted by Gasteiger charge is -2.12. The molecule has 0 fully saturated rings. The smallest absolute Gasteiger partial charge is 0.262 e. The second-order valence-electron chi connectivity index (χ2n) is 5.08. The van der Waals surface area contributed by atoms with E-state index in [2.05, 4.69) is 29.4 Å². The maximum Gasteiger partial charge on any atom is 0.262 e. The Bertz CT molecular complexity index is 954. The summed E-state index contributed by atoms with van der Waals surface area (Å²) in [6.07, 6.45) is 1.58. The summed E-state index contributed by atoms with van der Waals surface area (Å²) < 4.78 is 37.1. The van der Waals surface area contributed by atoms with Crippen molar-refractivity contribution in [3.05, 3.63) is 46.4 Å². The highest BCUT2D eigenvalue weighted by molar-refractivity contribution is 9.10. The second kappa shape index (κ2) is 6.54. The van der Waals surface area contributed by atoms with Crippen molar-refractivity contribution in [2.24, 2.45) is 0 Å². The summed E-state index contributed by atoms with van der Waals surface area (Å²) in [6.45, 7) is 2.02. The minimum atomic E-state index is -3.67. The van der Waals surface area contributed by atoms with Crippen molar-refractivity contribution in [3.8, 4) is 0 Å². The molecule has 0 spiro atoms. The molecule has 0 atom stereocenters. The fraction of sp³-hybridized carbons (Fsp3) is 0.200. The number of hydrogen-bond acceptors (Lipinski definition) is 5. The van der Waals surface area contributed by atoms with E-state index in [0.29, 0.717) is 22.5 Å². The zero-order valence-corrected chi connectivity index (χ0v) is 15.5. The Kier molecular flexibility index (Phi) is 4.65. The van der Waals surface area contributed by atoms with Gasteiger partial charge in [0.2, 0.25) is 0 Å². The first-order valence-corrected chi connectivity index (χ1v) is 10.0. The molecule has 0 aliphatic heterocycles. The SMILES string of the molecule is CCCc1ccc(Br)cc1S(=O)(=O)Nc1ccc2nsnc2c1. The van der Waals surface area contributed by atoms with Crippen LogP contribution in [0.15, 0.2) is 45.8 Å². The molecule has 0 aliphatic rings. The number of sulfonamides is 1. The van der Waals surface area contributed by atoms with Crippen molar-refractivity contribution in [1.29, 1.82) is 0 Å². The zero-order chi connectivity index (χ0) is 16.4. The summed E-state index contributed by atoms with van der Waals surface area (Å²) in [5.41, 5.74) is 2.72. The average Bonchev–Trinajstić information content (AvgIpc) is 2.96. The number of benzene rings is 2. The Balaban J connectivity index is 1.99. The van der Waals surface area contributed by atoms with E-state index in [-0.39, 0.29) is 0 Å². The van der Waals surface area contributed by atoms with Crippen LogP contribution in [0.1, 0.15) is 18.9 Å². The molecule has 0 saturated carbocycles. The van der Waals surface area contributed by atoms with Gasteiger partial charge >= 0.3 is 0 Å². The quantitative estimate of drug-likeness (QED) is 0.682. The van der Waals surface area contributed by atoms with Crippen LogP contribution in [0.25, 0.3) is 11.0 Å². The van der Waals surface area contributed by atoms with E-state index in [9.17, 15) is 8.42 Å². The van der Waals surface area contributed by atoms with Crippen molar-refractivity contribution in [1.82, 2.24) is 8.75 Å². The molecular formula is C15H14BrN3O2S2. The molecular weight excluding hydrogens is 398 g/mol. The van der Waals surface area contributed by atoms with Gasteiger partial charge in [0.25, 0.3) is 10.0 Å². The summed E-state index contributed by atoms with van der Waals surface area (Å²) in [5, 5.41) is 0. The number of rotatable bonds is 5. The minimum Gasteiger partial charge on any atom is -0.280 e. The van der Waals surface area contributed by atoms with Gasteiger partial charge in [-0.05, 0) is 42.3 Å². The van der Waals surface area contributed by atoms with E-state index in [1.54, 1.807) is 24.3 Å². The number of fused-ring (bicyclic) bond motifs is 1. The summed E-state index contributed by atoms with van der Waals surface area (Å²) in [4.78, 5) is 0.297. The predicted molar refractivity (Wildman–Crippen MR) is 96.4 cm³/mol. The van der Waals surface area contributed by atoms with Crippen LogP contribution in [0.3, 0.4) is 0 Å². The third-order valence-corrected chi connectivity index (χ3v) is 5.86. The Labute approximate surface area is 147 Å². The molecule has 0 bridgehead atoms. The summed E-state index contributed by atoms with van der Waals surface area (Å²) >= 11 is 4.45. The van der Waals surface area contributed by atoms with E-state index in [0.717, 1.165) is 33.7 Å². The summed E-state index contributed by atoms with van der Waals surface area (Å²) in [5.74, 6) is 0. The minimum absolute atomic E-state index is 0.297. The Morgan fingerprint density at radius 3 is 2.70 bits per heavy atom. The molecule has 1 heterocycles. The molecule has 0 aliphatic carbocycles. The lowest BCUT2D eigenvalue weighted by Crippen LogP contribution is -2.15. The van der Waals surface area contributed by atoms with E-state index in [4.69, 9.17) is 0 Å². The highest BCUT2D eigenvalue weighted by Crippen LogP contribution is 2.26. The second-order valence-corrected chi connectivity index (χ2v) is 8.17. The molecule has 3 aromatic rings. The van der Waals surface area contributed by atoms with Crippen molar-refractivity contribution >= 4 is 54.4 Å². The fourth-order valence-electron chi connectivity index (χ4n) is 2.31. The van der Waals surface area contributed by atoms with Gasteiger partial charge in [-0.25, -0.2) is 8.42 Å². The first-order valence-electron chi connectivity index (χ1n) is 7.03. The number of aryl methyl sites for hydroxylation is 1. The van der Waals surface area contributed by atoms with Gasteiger partial charge in [-0.1, -0.05) is 35.3 Å². The number of nitrogens with one attached hydrogen (secondary N) is 1. The number of aromatic nitrogens is 2. The maximum absolute atomic E-state index is 12.8. The Morgan fingerprint density at radius 1 is 1.13 bits per heavy atom.